The number of rotatable bonds is 4. The summed E-state index contributed by atoms with van der Waals surface area (Å²) in [6.07, 6.45) is 1.19. The van der Waals surface area contributed by atoms with Crippen LogP contribution in [0.4, 0.5) is 14.5 Å². The molecule has 1 saturated heterocycles. The van der Waals surface area contributed by atoms with Crippen LogP contribution in [0.15, 0.2) is 18.2 Å². The van der Waals surface area contributed by atoms with E-state index >= 15 is 0 Å². The highest BCUT2D eigenvalue weighted by atomic mass is 35.5. The molecule has 0 aliphatic carbocycles. The second kappa shape index (κ2) is 8.04. The van der Waals surface area contributed by atoms with Gasteiger partial charge in [0.1, 0.15) is 11.6 Å². The fourth-order valence-electron chi connectivity index (χ4n) is 2.79. The Labute approximate surface area is 141 Å². The highest BCUT2D eigenvalue weighted by Crippen LogP contribution is 2.27. The number of anilines is 1. The Hall–Kier alpha value is -1.24. The number of hydrogen-bond donors (Lipinski definition) is 2. The van der Waals surface area contributed by atoms with Crippen molar-refractivity contribution < 1.29 is 13.6 Å². The Morgan fingerprint density at radius 2 is 1.96 bits per heavy atom. The van der Waals surface area contributed by atoms with Gasteiger partial charge in [0, 0.05) is 37.3 Å². The highest BCUT2D eigenvalue weighted by molar-refractivity contribution is 5.90. The van der Waals surface area contributed by atoms with Gasteiger partial charge >= 0.3 is 0 Å². The minimum atomic E-state index is -0.706. The third kappa shape index (κ3) is 5.71. The van der Waals surface area contributed by atoms with E-state index in [4.69, 9.17) is 5.73 Å². The molecule has 7 heteroatoms. The van der Waals surface area contributed by atoms with Crippen molar-refractivity contribution in [2.75, 3.05) is 25.0 Å². The van der Waals surface area contributed by atoms with E-state index in [9.17, 15) is 13.6 Å². The molecule has 1 atom stereocenters. The van der Waals surface area contributed by atoms with E-state index in [2.05, 4.69) is 24.1 Å². The van der Waals surface area contributed by atoms with Gasteiger partial charge in [0.15, 0.2) is 0 Å². The second-order valence-corrected chi connectivity index (χ2v) is 6.62. The molecule has 1 aliphatic rings. The molecule has 1 aromatic rings. The Kier molecular flexibility index (Phi) is 6.92. The van der Waals surface area contributed by atoms with Gasteiger partial charge in [-0.15, -0.1) is 12.4 Å². The Morgan fingerprint density at radius 3 is 2.52 bits per heavy atom. The van der Waals surface area contributed by atoms with Gasteiger partial charge in [-0.05, 0) is 30.5 Å². The van der Waals surface area contributed by atoms with E-state index in [0.29, 0.717) is 6.54 Å². The van der Waals surface area contributed by atoms with Gasteiger partial charge in [0.05, 0.1) is 0 Å². The van der Waals surface area contributed by atoms with Gasteiger partial charge in [-0.25, -0.2) is 8.78 Å². The summed E-state index contributed by atoms with van der Waals surface area (Å²) >= 11 is 0. The summed E-state index contributed by atoms with van der Waals surface area (Å²) in [6.45, 7) is 6.57. The number of amides is 1. The van der Waals surface area contributed by atoms with Crippen LogP contribution in [0, 0.1) is 17.0 Å². The Bertz CT molecular complexity index is 534. The maximum absolute atomic E-state index is 13.1. The maximum atomic E-state index is 13.1. The molecule has 1 aliphatic heterocycles. The summed E-state index contributed by atoms with van der Waals surface area (Å²) in [4.78, 5) is 14.1. The number of piperidine rings is 1. The minimum Gasteiger partial charge on any atom is -0.327 e. The molecule has 0 bridgehead atoms. The predicted molar refractivity (Wildman–Crippen MR) is 89.7 cm³/mol. The average Bonchev–Trinajstić information content (AvgIpc) is 2.39. The van der Waals surface area contributed by atoms with E-state index in [1.54, 1.807) is 0 Å². The number of nitrogens with zero attached hydrogens (tertiary/aromatic N) is 1. The lowest BCUT2D eigenvalue weighted by atomic mass is 9.80. The minimum absolute atomic E-state index is 0. The summed E-state index contributed by atoms with van der Waals surface area (Å²) in [5, 5.41) is 2.52. The molecule has 1 amide bonds. The zero-order valence-corrected chi connectivity index (χ0v) is 14.3. The first kappa shape index (κ1) is 19.8. The van der Waals surface area contributed by atoms with Gasteiger partial charge in [-0.3, -0.25) is 4.79 Å². The molecule has 1 heterocycles. The summed E-state index contributed by atoms with van der Waals surface area (Å²) < 4.78 is 26.1. The van der Waals surface area contributed by atoms with Gasteiger partial charge in [-0.1, -0.05) is 13.8 Å². The lowest BCUT2D eigenvalue weighted by Crippen LogP contribution is -2.52. The van der Waals surface area contributed by atoms with Gasteiger partial charge in [0.25, 0.3) is 0 Å². The summed E-state index contributed by atoms with van der Waals surface area (Å²) in [5.74, 6) is -1.66. The van der Waals surface area contributed by atoms with Crippen molar-refractivity contribution in [1.29, 1.82) is 0 Å². The van der Waals surface area contributed by atoms with Crippen LogP contribution >= 0.6 is 12.4 Å². The SMILES string of the molecule is CC1(C)CN(CCC(=O)Nc2cc(F)cc(F)c2)CCC1N.Cl. The van der Waals surface area contributed by atoms with Crippen molar-refractivity contribution in [1.82, 2.24) is 4.90 Å². The zero-order valence-electron chi connectivity index (χ0n) is 13.4. The number of carbonyl (C=O) groups is 1. The van der Waals surface area contributed by atoms with Crippen LogP contribution in [0.3, 0.4) is 0 Å². The number of hydrogen-bond acceptors (Lipinski definition) is 3. The van der Waals surface area contributed by atoms with Crippen LogP contribution in [-0.2, 0) is 4.79 Å². The second-order valence-electron chi connectivity index (χ2n) is 6.62. The largest absolute Gasteiger partial charge is 0.327 e. The first-order valence-corrected chi connectivity index (χ1v) is 7.50. The van der Waals surface area contributed by atoms with Crippen molar-refractivity contribution in [3.8, 4) is 0 Å². The van der Waals surface area contributed by atoms with Crippen LogP contribution in [0.2, 0.25) is 0 Å². The fourth-order valence-corrected chi connectivity index (χ4v) is 2.79. The number of nitrogens with two attached hydrogens (primary N) is 1. The fraction of sp³-hybridized carbons (Fsp3) is 0.562. The van der Waals surface area contributed by atoms with Crippen LogP contribution in [-0.4, -0.2) is 36.5 Å². The van der Waals surface area contributed by atoms with Gasteiger partial charge < -0.3 is 16.0 Å². The van der Waals surface area contributed by atoms with E-state index in [-0.39, 0.29) is 41.9 Å². The standard InChI is InChI=1S/C16H23F2N3O.ClH/c1-16(2)10-21(5-3-14(16)19)6-4-15(22)20-13-8-11(17)7-12(18)9-13;/h7-9,14H,3-6,10,19H2,1-2H3,(H,20,22);1H. The summed E-state index contributed by atoms with van der Waals surface area (Å²) in [5.41, 5.74) is 6.25. The topological polar surface area (TPSA) is 58.4 Å². The van der Waals surface area contributed by atoms with Crippen molar-refractivity contribution in [2.45, 2.75) is 32.7 Å². The summed E-state index contributed by atoms with van der Waals surface area (Å²) in [7, 11) is 0. The zero-order chi connectivity index (χ0) is 16.3. The molecular formula is C16H24ClF2N3O. The molecule has 0 spiro atoms. The Morgan fingerprint density at radius 1 is 1.35 bits per heavy atom. The monoisotopic (exact) mass is 347 g/mol. The van der Waals surface area contributed by atoms with Crippen molar-refractivity contribution in [2.24, 2.45) is 11.1 Å². The van der Waals surface area contributed by atoms with E-state index in [1.807, 2.05) is 0 Å². The van der Waals surface area contributed by atoms with Crippen molar-refractivity contribution >= 4 is 24.0 Å². The van der Waals surface area contributed by atoms with E-state index in [1.165, 1.54) is 0 Å². The smallest absolute Gasteiger partial charge is 0.225 e. The van der Waals surface area contributed by atoms with Crippen LogP contribution < -0.4 is 11.1 Å². The van der Waals surface area contributed by atoms with Gasteiger partial charge in [-0.2, -0.15) is 0 Å². The Balaban J connectivity index is 0.00000264. The average molecular weight is 348 g/mol. The molecule has 3 N–H and O–H groups in total. The molecular weight excluding hydrogens is 324 g/mol. The van der Waals surface area contributed by atoms with Gasteiger partial charge in [0.2, 0.25) is 5.91 Å². The summed E-state index contributed by atoms with van der Waals surface area (Å²) in [6, 6.07) is 3.15. The molecule has 1 aromatic carbocycles. The highest BCUT2D eigenvalue weighted by Gasteiger charge is 2.33. The van der Waals surface area contributed by atoms with E-state index in [0.717, 1.165) is 37.7 Å². The lowest BCUT2D eigenvalue weighted by Gasteiger charge is -2.42. The molecule has 0 radical (unpaired) electrons. The number of benzene rings is 1. The van der Waals surface area contributed by atoms with Crippen LogP contribution in [0.1, 0.15) is 26.7 Å². The third-order valence-corrected chi connectivity index (χ3v) is 4.19. The van der Waals surface area contributed by atoms with Crippen LogP contribution in [0.25, 0.3) is 0 Å². The number of carbonyl (C=O) groups excluding carboxylic acids is 1. The molecule has 23 heavy (non-hydrogen) atoms. The number of nitrogens with one attached hydrogen (secondary N) is 1. The molecule has 0 aromatic heterocycles. The number of halogens is 3. The van der Waals surface area contributed by atoms with Crippen molar-refractivity contribution in [3.63, 3.8) is 0 Å². The van der Waals surface area contributed by atoms with E-state index < -0.39 is 11.6 Å². The van der Waals surface area contributed by atoms with Crippen LogP contribution in [0.5, 0.6) is 0 Å². The predicted octanol–water partition coefficient (Wildman–Crippen LogP) is 2.77. The lowest BCUT2D eigenvalue weighted by molar-refractivity contribution is -0.116. The molecule has 1 unspecified atom stereocenters. The normalized spacial score (nSPS) is 20.7. The quantitative estimate of drug-likeness (QED) is 0.880. The molecule has 130 valence electrons. The molecule has 1 fully saturated rings. The van der Waals surface area contributed by atoms with Crippen molar-refractivity contribution in [3.05, 3.63) is 29.8 Å². The molecule has 0 saturated carbocycles. The molecule has 4 nitrogen and oxygen atoms in total. The number of likely N-dealkylation sites (tertiary alicyclic amines) is 1. The first-order chi connectivity index (χ1) is 10.3. The first-order valence-electron chi connectivity index (χ1n) is 7.50. The third-order valence-electron chi connectivity index (χ3n) is 4.19. The molecule has 2 rings (SSSR count). The maximum Gasteiger partial charge on any atom is 0.225 e.